The molecule has 0 radical (unpaired) electrons. The van der Waals surface area contributed by atoms with Gasteiger partial charge in [0.2, 0.25) is 0 Å². The van der Waals surface area contributed by atoms with Gasteiger partial charge in [0.15, 0.2) is 11.6 Å². The SMILES string of the molecule is CCCCCC(OCc1ccc(F)c(F)c1)C1CCC(CCC)CC1. The van der Waals surface area contributed by atoms with E-state index < -0.39 is 11.6 Å². The van der Waals surface area contributed by atoms with Crippen molar-refractivity contribution >= 4 is 0 Å². The Kier molecular flexibility index (Phi) is 8.88. The Morgan fingerprint density at radius 3 is 2.40 bits per heavy atom. The Hall–Kier alpha value is -0.960. The van der Waals surface area contributed by atoms with Gasteiger partial charge in [0, 0.05) is 0 Å². The highest BCUT2D eigenvalue weighted by atomic mass is 19.2. The average Bonchev–Trinajstić information content (AvgIpc) is 2.62. The lowest BCUT2D eigenvalue weighted by Crippen LogP contribution is -2.28. The first kappa shape index (κ1) is 20.4. The third-order valence-corrected chi connectivity index (χ3v) is 5.65. The van der Waals surface area contributed by atoms with Crippen LogP contribution in [0.25, 0.3) is 0 Å². The van der Waals surface area contributed by atoms with Gasteiger partial charge in [-0.2, -0.15) is 0 Å². The molecule has 2 rings (SSSR count). The van der Waals surface area contributed by atoms with Crippen LogP contribution in [0.15, 0.2) is 18.2 Å². The summed E-state index contributed by atoms with van der Waals surface area (Å²) in [5.74, 6) is -0.0693. The highest BCUT2D eigenvalue weighted by Gasteiger charge is 2.27. The summed E-state index contributed by atoms with van der Waals surface area (Å²) in [5.41, 5.74) is 0.721. The minimum absolute atomic E-state index is 0.252. The molecule has 1 saturated carbocycles. The van der Waals surface area contributed by atoms with Crippen molar-refractivity contribution in [3.05, 3.63) is 35.4 Å². The fraction of sp³-hybridized carbons (Fsp3) is 0.727. The molecule has 0 aliphatic heterocycles. The van der Waals surface area contributed by atoms with Crippen molar-refractivity contribution in [1.82, 2.24) is 0 Å². The molecule has 0 amide bonds. The van der Waals surface area contributed by atoms with Gasteiger partial charge in [-0.1, -0.05) is 64.9 Å². The van der Waals surface area contributed by atoms with Crippen LogP contribution >= 0.6 is 0 Å². The molecule has 1 aromatic rings. The summed E-state index contributed by atoms with van der Waals surface area (Å²) in [7, 11) is 0. The number of halogens is 2. The second-order valence-electron chi connectivity index (χ2n) is 7.66. The van der Waals surface area contributed by atoms with Crippen LogP contribution in [0.4, 0.5) is 8.78 Å². The second kappa shape index (κ2) is 10.9. The van der Waals surface area contributed by atoms with Crippen molar-refractivity contribution in [3.8, 4) is 0 Å². The zero-order valence-electron chi connectivity index (χ0n) is 15.9. The van der Waals surface area contributed by atoms with Gasteiger partial charge in [0.05, 0.1) is 12.7 Å². The van der Waals surface area contributed by atoms with Crippen molar-refractivity contribution < 1.29 is 13.5 Å². The fourth-order valence-electron chi connectivity index (χ4n) is 4.14. The standard InChI is InChI=1S/C22H34F2O/c1-3-5-6-8-22(19-12-9-17(7-4-2)10-13-19)25-16-18-11-14-20(23)21(24)15-18/h11,14-15,17,19,22H,3-10,12-13,16H2,1-2H3. The van der Waals surface area contributed by atoms with Gasteiger partial charge in [0.1, 0.15) is 0 Å². The van der Waals surface area contributed by atoms with E-state index in [4.69, 9.17) is 4.74 Å². The van der Waals surface area contributed by atoms with Crippen LogP contribution in [-0.4, -0.2) is 6.10 Å². The molecular weight excluding hydrogens is 318 g/mol. The van der Waals surface area contributed by atoms with Crippen molar-refractivity contribution in [2.45, 2.75) is 90.8 Å². The Bertz CT molecular complexity index is 495. The van der Waals surface area contributed by atoms with E-state index in [1.54, 1.807) is 6.07 Å². The number of hydrogen-bond acceptors (Lipinski definition) is 1. The summed E-state index contributed by atoms with van der Waals surface area (Å²) in [6.07, 6.45) is 12.7. The first-order chi connectivity index (χ1) is 12.1. The summed E-state index contributed by atoms with van der Waals surface area (Å²) in [4.78, 5) is 0. The zero-order valence-corrected chi connectivity index (χ0v) is 15.9. The van der Waals surface area contributed by atoms with Gasteiger partial charge < -0.3 is 4.74 Å². The number of hydrogen-bond donors (Lipinski definition) is 0. The highest BCUT2D eigenvalue weighted by molar-refractivity contribution is 5.16. The molecule has 1 atom stereocenters. The molecular formula is C22H34F2O. The van der Waals surface area contributed by atoms with Crippen molar-refractivity contribution in [1.29, 1.82) is 0 Å². The van der Waals surface area contributed by atoms with Crippen LogP contribution in [0, 0.1) is 23.5 Å². The smallest absolute Gasteiger partial charge is 0.159 e. The summed E-state index contributed by atoms with van der Waals surface area (Å²) < 4.78 is 32.7. The van der Waals surface area contributed by atoms with Crippen LogP contribution in [-0.2, 0) is 11.3 Å². The number of rotatable bonds is 10. The first-order valence-corrected chi connectivity index (χ1v) is 10.2. The van der Waals surface area contributed by atoms with E-state index in [9.17, 15) is 8.78 Å². The van der Waals surface area contributed by atoms with Gasteiger partial charge >= 0.3 is 0 Å². The van der Waals surface area contributed by atoms with Gasteiger partial charge in [0.25, 0.3) is 0 Å². The van der Waals surface area contributed by atoms with E-state index in [2.05, 4.69) is 13.8 Å². The molecule has 1 nitrogen and oxygen atoms in total. The molecule has 0 saturated heterocycles. The summed E-state index contributed by atoms with van der Waals surface area (Å²) in [5, 5.41) is 0. The molecule has 1 aliphatic carbocycles. The molecule has 1 fully saturated rings. The number of unbranched alkanes of at least 4 members (excludes halogenated alkanes) is 2. The third kappa shape index (κ3) is 6.69. The predicted molar refractivity (Wildman–Crippen MR) is 99.4 cm³/mol. The second-order valence-corrected chi connectivity index (χ2v) is 7.66. The topological polar surface area (TPSA) is 9.23 Å². The lowest BCUT2D eigenvalue weighted by molar-refractivity contribution is -0.0213. The van der Waals surface area contributed by atoms with Crippen LogP contribution < -0.4 is 0 Å². The molecule has 0 heterocycles. The minimum atomic E-state index is -0.794. The Labute approximate surface area is 152 Å². The minimum Gasteiger partial charge on any atom is -0.373 e. The predicted octanol–water partition coefficient (Wildman–Crippen LogP) is 7.04. The van der Waals surface area contributed by atoms with Gasteiger partial charge in [-0.15, -0.1) is 0 Å². The lowest BCUT2D eigenvalue weighted by atomic mass is 9.77. The molecule has 0 spiro atoms. The van der Waals surface area contributed by atoms with Crippen molar-refractivity contribution in [2.24, 2.45) is 11.8 Å². The largest absolute Gasteiger partial charge is 0.373 e. The maximum atomic E-state index is 13.4. The van der Waals surface area contributed by atoms with Gasteiger partial charge in [-0.3, -0.25) is 0 Å². The van der Waals surface area contributed by atoms with Gasteiger partial charge in [-0.05, 0) is 48.8 Å². The van der Waals surface area contributed by atoms with E-state index in [1.165, 1.54) is 69.9 Å². The summed E-state index contributed by atoms with van der Waals surface area (Å²) in [6.45, 7) is 4.86. The molecule has 0 N–H and O–H groups in total. The number of benzene rings is 1. The lowest BCUT2D eigenvalue weighted by Gasteiger charge is -2.34. The average molecular weight is 353 g/mol. The number of ether oxygens (including phenoxy) is 1. The molecule has 0 aromatic heterocycles. The normalized spacial score (nSPS) is 22.1. The monoisotopic (exact) mass is 352 g/mol. The van der Waals surface area contributed by atoms with Crippen LogP contribution in [0.2, 0.25) is 0 Å². The van der Waals surface area contributed by atoms with Crippen LogP contribution in [0.1, 0.15) is 83.6 Å². The van der Waals surface area contributed by atoms with Gasteiger partial charge in [-0.25, -0.2) is 8.78 Å². The van der Waals surface area contributed by atoms with Crippen molar-refractivity contribution in [2.75, 3.05) is 0 Å². The van der Waals surface area contributed by atoms with Crippen LogP contribution in [0.5, 0.6) is 0 Å². The molecule has 142 valence electrons. The van der Waals surface area contributed by atoms with E-state index in [0.29, 0.717) is 12.5 Å². The van der Waals surface area contributed by atoms with Crippen molar-refractivity contribution in [3.63, 3.8) is 0 Å². The maximum Gasteiger partial charge on any atom is 0.159 e. The molecule has 3 heteroatoms. The van der Waals surface area contributed by atoms with Crippen LogP contribution in [0.3, 0.4) is 0 Å². The molecule has 1 unspecified atom stereocenters. The highest BCUT2D eigenvalue weighted by Crippen LogP contribution is 2.36. The molecule has 0 bridgehead atoms. The summed E-state index contributed by atoms with van der Waals surface area (Å²) >= 11 is 0. The Morgan fingerprint density at radius 1 is 1.00 bits per heavy atom. The first-order valence-electron chi connectivity index (χ1n) is 10.2. The Morgan fingerprint density at radius 2 is 1.76 bits per heavy atom. The van der Waals surface area contributed by atoms with E-state index in [-0.39, 0.29) is 6.10 Å². The van der Waals surface area contributed by atoms with E-state index in [0.717, 1.165) is 17.9 Å². The fourth-order valence-corrected chi connectivity index (χ4v) is 4.14. The molecule has 25 heavy (non-hydrogen) atoms. The summed E-state index contributed by atoms with van der Waals surface area (Å²) in [6, 6.07) is 4.08. The third-order valence-electron chi connectivity index (χ3n) is 5.65. The van der Waals surface area contributed by atoms with E-state index >= 15 is 0 Å². The maximum absolute atomic E-state index is 13.4. The zero-order chi connectivity index (χ0) is 18.1. The van der Waals surface area contributed by atoms with E-state index in [1.807, 2.05) is 0 Å². The quantitative estimate of drug-likeness (QED) is 0.410. The molecule has 1 aliphatic rings. The molecule has 1 aromatic carbocycles. The Balaban J connectivity index is 1.89.